The number of benzene rings is 3. The highest BCUT2D eigenvalue weighted by molar-refractivity contribution is 5.49. The van der Waals surface area contributed by atoms with Crippen LogP contribution in [0.5, 0.6) is 0 Å². The van der Waals surface area contributed by atoms with E-state index in [1.54, 1.807) is 0 Å². The van der Waals surface area contributed by atoms with Crippen molar-refractivity contribution >= 4 is 0 Å². The van der Waals surface area contributed by atoms with E-state index in [1.165, 1.54) is 16.7 Å². The van der Waals surface area contributed by atoms with Crippen LogP contribution in [0.25, 0.3) is 0 Å². The van der Waals surface area contributed by atoms with Gasteiger partial charge in [-0.25, -0.2) is 0 Å². The molecule has 3 aromatic rings. The summed E-state index contributed by atoms with van der Waals surface area (Å²) in [6.07, 6.45) is 0. The Morgan fingerprint density at radius 3 is 0.952 bits per heavy atom. The van der Waals surface area contributed by atoms with Gasteiger partial charge in [0.25, 0.3) is 0 Å². The molecule has 0 aliphatic heterocycles. The molecule has 0 aromatic heterocycles. The zero-order chi connectivity index (χ0) is 13.8. The van der Waals surface area contributed by atoms with Crippen LogP contribution in [-0.4, -0.2) is 5.48 Å². The van der Waals surface area contributed by atoms with E-state index in [1.807, 2.05) is 0 Å². The molecule has 3 aromatic carbocycles. The number of hydrogen-bond acceptors (Lipinski definition) is 0. The average molecular weight is 276 g/mol. The molecule has 0 saturated carbocycles. The lowest BCUT2D eigenvalue weighted by Crippen LogP contribution is -2.25. The van der Waals surface area contributed by atoms with Crippen LogP contribution < -0.4 is 0 Å². The lowest BCUT2D eigenvalue weighted by molar-refractivity contribution is 0.692. The first-order chi connectivity index (χ1) is 9.82. The van der Waals surface area contributed by atoms with E-state index in [-0.39, 0.29) is 10.9 Å². The fourth-order valence-corrected chi connectivity index (χ4v) is 2.81. The molecule has 0 amide bonds. The lowest BCUT2D eigenvalue weighted by atomic mass is 9.71. The van der Waals surface area contributed by atoms with Crippen molar-refractivity contribution < 1.29 is 5.48 Å². The van der Waals surface area contributed by atoms with Crippen LogP contribution in [0.15, 0.2) is 91.0 Å². The Balaban J connectivity index is 0.00000161. The average Bonchev–Trinajstić information content (AvgIpc) is 2.56. The Morgan fingerprint density at radius 1 is 0.476 bits per heavy atom. The first kappa shape index (κ1) is 15.0. The third-order valence-electron chi connectivity index (χ3n) is 4.05. The van der Waals surface area contributed by atoms with Gasteiger partial charge in [-0.3, -0.25) is 0 Å². The fraction of sp³-hybridized carbons (Fsp3) is 0.100. The van der Waals surface area contributed by atoms with Crippen molar-refractivity contribution in [2.24, 2.45) is 0 Å². The van der Waals surface area contributed by atoms with Crippen molar-refractivity contribution in [1.29, 1.82) is 0 Å². The van der Waals surface area contributed by atoms with Crippen LogP contribution in [0.1, 0.15) is 23.6 Å². The van der Waals surface area contributed by atoms with Gasteiger partial charge in [-0.2, -0.15) is 0 Å². The minimum Gasteiger partial charge on any atom is -0.412 e. The Kier molecular flexibility index (Phi) is 4.56. The molecular weight excluding hydrogens is 256 g/mol. The first-order valence-electron chi connectivity index (χ1n) is 6.98. The topological polar surface area (TPSA) is 31.5 Å². The summed E-state index contributed by atoms with van der Waals surface area (Å²) < 4.78 is 0. The van der Waals surface area contributed by atoms with E-state index in [9.17, 15) is 0 Å². The molecule has 0 heterocycles. The Morgan fingerprint density at radius 2 is 0.714 bits per heavy atom. The van der Waals surface area contributed by atoms with E-state index in [0.29, 0.717) is 0 Å². The second kappa shape index (κ2) is 6.38. The lowest BCUT2D eigenvalue weighted by Gasteiger charge is -2.31. The maximum atomic E-state index is 2.30. The second-order valence-corrected chi connectivity index (χ2v) is 5.22. The van der Waals surface area contributed by atoms with Crippen molar-refractivity contribution in [3.8, 4) is 0 Å². The zero-order valence-electron chi connectivity index (χ0n) is 12.2. The fourth-order valence-electron chi connectivity index (χ4n) is 2.81. The minimum absolute atomic E-state index is 0. The Bertz CT molecular complexity index is 563. The summed E-state index contributed by atoms with van der Waals surface area (Å²) in [4.78, 5) is 0. The van der Waals surface area contributed by atoms with Crippen molar-refractivity contribution in [3.63, 3.8) is 0 Å². The van der Waals surface area contributed by atoms with Gasteiger partial charge < -0.3 is 5.48 Å². The van der Waals surface area contributed by atoms with Gasteiger partial charge in [0.2, 0.25) is 0 Å². The Hall–Kier alpha value is -2.38. The van der Waals surface area contributed by atoms with Crippen LogP contribution >= 0.6 is 0 Å². The summed E-state index contributed by atoms with van der Waals surface area (Å²) in [5, 5.41) is 0. The predicted octanol–water partition coefficient (Wildman–Crippen LogP) is 4.22. The van der Waals surface area contributed by atoms with Gasteiger partial charge in [0.1, 0.15) is 0 Å². The molecule has 0 saturated heterocycles. The summed E-state index contributed by atoms with van der Waals surface area (Å²) in [6.45, 7) is 2.30. The summed E-state index contributed by atoms with van der Waals surface area (Å²) in [6, 6.07) is 32.1. The normalized spacial score (nSPS) is 10.7. The molecule has 0 fully saturated rings. The molecule has 2 N–H and O–H groups in total. The third kappa shape index (κ3) is 2.74. The highest BCUT2D eigenvalue weighted by Crippen LogP contribution is 2.38. The molecule has 0 spiro atoms. The van der Waals surface area contributed by atoms with E-state index in [4.69, 9.17) is 0 Å². The van der Waals surface area contributed by atoms with Gasteiger partial charge in [-0.05, 0) is 23.6 Å². The van der Waals surface area contributed by atoms with Crippen LogP contribution in [0.3, 0.4) is 0 Å². The quantitative estimate of drug-likeness (QED) is 0.642. The summed E-state index contributed by atoms with van der Waals surface area (Å²) in [7, 11) is 0. The maximum absolute atomic E-state index is 2.30. The Labute approximate surface area is 126 Å². The molecule has 3 rings (SSSR count). The van der Waals surface area contributed by atoms with Gasteiger partial charge in [0, 0.05) is 5.41 Å². The molecule has 0 atom stereocenters. The first-order valence-corrected chi connectivity index (χ1v) is 6.98. The number of rotatable bonds is 3. The molecule has 0 aliphatic rings. The highest BCUT2D eigenvalue weighted by Gasteiger charge is 2.30. The van der Waals surface area contributed by atoms with Gasteiger partial charge in [-0.1, -0.05) is 91.0 Å². The molecule has 106 valence electrons. The molecule has 1 heteroatoms. The molecule has 0 bridgehead atoms. The van der Waals surface area contributed by atoms with E-state index in [2.05, 4.69) is 97.9 Å². The van der Waals surface area contributed by atoms with E-state index < -0.39 is 0 Å². The molecular formula is C20H20O. The summed E-state index contributed by atoms with van der Waals surface area (Å²) in [5.41, 5.74) is 3.83. The third-order valence-corrected chi connectivity index (χ3v) is 4.05. The van der Waals surface area contributed by atoms with Crippen LogP contribution in [0.2, 0.25) is 0 Å². The standard InChI is InChI=1S/C20H18.H2O/c1-20(17-11-5-2-6-12-17,18-13-7-3-8-14-18)19-15-9-4-10-16-19;/h2-16H,1H3;1H2. The predicted molar refractivity (Wildman–Crippen MR) is 88.5 cm³/mol. The molecule has 0 radical (unpaired) electrons. The second-order valence-electron chi connectivity index (χ2n) is 5.22. The van der Waals surface area contributed by atoms with Crippen molar-refractivity contribution in [2.75, 3.05) is 0 Å². The number of hydrogen-bond donors (Lipinski definition) is 0. The van der Waals surface area contributed by atoms with E-state index in [0.717, 1.165) is 0 Å². The SMILES string of the molecule is CC(c1ccccc1)(c1ccccc1)c1ccccc1.O. The van der Waals surface area contributed by atoms with E-state index >= 15 is 0 Å². The summed E-state index contributed by atoms with van der Waals surface area (Å²) >= 11 is 0. The zero-order valence-corrected chi connectivity index (χ0v) is 12.2. The molecule has 0 aliphatic carbocycles. The van der Waals surface area contributed by atoms with Crippen molar-refractivity contribution in [3.05, 3.63) is 108 Å². The van der Waals surface area contributed by atoms with Crippen LogP contribution in [-0.2, 0) is 5.41 Å². The monoisotopic (exact) mass is 276 g/mol. The summed E-state index contributed by atoms with van der Waals surface area (Å²) in [5.74, 6) is 0. The largest absolute Gasteiger partial charge is 0.412 e. The van der Waals surface area contributed by atoms with Gasteiger partial charge in [-0.15, -0.1) is 0 Å². The molecule has 1 nitrogen and oxygen atoms in total. The minimum atomic E-state index is -0.121. The van der Waals surface area contributed by atoms with Gasteiger partial charge >= 0.3 is 0 Å². The smallest absolute Gasteiger partial charge is 0.0423 e. The maximum Gasteiger partial charge on any atom is 0.0423 e. The highest BCUT2D eigenvalue weighted by atomic mass is 16.0. The van der Waals surface area contributed by atoms with Gasteiger partial charge in [0.05, 0.1) is 0 Å². The van der Waals surface area contributed by atoms with Crippen molar-refractivity contribution in [1.82, 2.24) is 0 Å². The molecule has 0 unspecified atom stereocenters. The van der Waals surface area contributed by atoms with Crippen LogP contribution in [0, 0.1) is 0 Å². The van der Waals surface area contributed by atoms with Crippen molar-refractivity contribution in [2.45, 2.75) is 12.3 Å². The van der Waals surface area contributed by atoms with Crippen LogP contribution in [0.4, 0.5) is 0 Å². The van der Waals surface area contributed by atoms with Gasteiger partial charge in [0.15, 0.2) is 0 Å². The molecule has 21 heavy (non-hydrogen) atoms.